The lowest BCUT2D eigenvalue weighted by Gasteiger charge is -2.40. The van der Waals surface area contributed by atoms with Gasteiger partial charge in [-0.2, -0.15) is 0 Å². The molecule has 0 aromatic rings. The van der Waals surface area contributed by atoms with Gasteiger partial charge in [0, 0.05) is 6.42 Å². The number of nitrogens with one attached hydrogen (secondary N) is 1. The van der Waals surface area contributed by atoms with E-state index in [9.17, 15) is 30.3 Å². The Morgan fingerprint density at radius 1 is 0.635 bits per heavy atom. The quantitative estimate of drug-likeness (QED) is 0.0277. The number of ether oxygens (including phenoxy) is 2. The van der Waals surface area contributed by atoms with Gasteiger partial charge < -0.3 is 40.3 Å². The number of hydrogen-bond acceptors (Lipinski definition) is 8. The molecule has 1 amide bonds. The molecule has 1 aliphatic heterocycles. The molecule has 0 saturated carbocycles. The Balaban J connectivity index is 2.29. The van der Waals surface area contributed by atoms with Gasteiger partial charge in [-0.05, 0) is 32.1 Å². The highest BCUT2D eigenvalue weighted by molar-refractivity contribution is 5.76. The number of aliphatic hydroxyl groups is 5. The Labute approximate surface area is 318 Å². The molecule has 1 heterocycles. The van der Waals surface area contributed by atoms with Crippen molar-refractivity contribution in [3.05, 3.63) is 12.2 Å². The first kappa shape index (κ1) is 48.9. The van der Waals surface area contributed by atoms with Crippen LogP contribution >= 0.6 is 0 Å². The molecule has 9 heteroatoms. The van der Waals surface area contributed by atoms with Crippen LogP contribution in [0.1, 0.15) is 200 Å². The number of carbonyl (C=O) groups excluding carboxylic acids is 1. The highest BCUT2D eigenvalue weighted by Gasteiger charge is 2.44. The number of hydrogen-bond donors (Lipinski definition) is 6. The summed E-state index contributed by atoms with van der Waals surface area (Å²) in [5.41, 5.74) is 0. The minimum absolute atomic E-state index is 0.146. The maximum Gasteiger partial charge on any atom is 0.220 e. The predicted octanol–water partition coefficient (Wildman–Crippen LogP) is 8.56. The van der Waals surface area contributed by atoms with Crippen LogP contribution < -0.4 is 5.32 Å². The van der Waals surface area contributed by atoms with E-state index in [1.54, 1.807) is 0 Å². The van der Waals surface area contributed by atoms with Crippen molar-refractivity contribution in [3.8, 4) is 0 Å². The second kappa shape index (κ2) is 34.4. The van der Waals surface area contributed by atoms with Crippen molar-refractivity contribution in [2.24, 2.45) is 0 Å². The average Bonchev–Trinajstić information content (AvgIpc) is 3.14. The predicted molar refractivity (Wildman–Crippen MR) is 212 cm³/mol. The summed E-state index contributed by atoms with van der Waals surface area (Å²) in [7, 11) is 0. The van der Waals surface area contributed by atoms with E-state index in [0.717, 1.165) is 32.1 Å². The molecular formula is C43H83NO8. The van der Waals surface area contributed by atoms with E-state index in [0.29, 0.717) is 19.3 Å². The largest absolute Gasteiger partial charge is 0.394 e. The third kappa shape index (κ3) is 25.1. The molecule has 0 spiro atoms. The lowest BCUT2D eigenvalue weighted by molar-refractivity contribution is -0.302. The molecule has 9 nitrogen and oxygen atoms in total. The highest BCUT2D eigenvalue weighted by atomic mass is 16.7. The minimum atomic E-state index is -1.55. The number of rotatable bonds is 36. The summed E-state index contributed by atoms with van der Waals surface area (Å²) in [5, 5.41) is 54.1. The number of unbranched alkanes of at least 4 members (excludes halogenated alkanes) is 24. The maximum atomic E-state index is 12.8. The van der Waals surface area contributed by atoms with Crippen molar-refractivity contribution in [2.75, 3.05) is 13.2 Å². The zero-order valence-electron chi connectivity index (χ0n) is 33.6. The Kier molecular flexibility index (Phi) is 32.4. The molecule has 308 valence electrons. The molecule has 0 aliphatic carbocycles. The average molecular weight is 742 g/mol. The molecule has 0 bridgehead atoms. The summed E-state index contributed by atoms with van der Waals surface area (Å²) in [6.07, 6.45) is 31.0. The highest BCUT2D eigenvalue weighted by Crippen LogP contribution is 2.23. The van der Waals surface area contributed by atoms with Crippen LogP contribution in [0.4, 0.5) is 0 Å². The lowest BCUT2D eigenvalue weighted by Crippen LogP contribution is -2.60. The fourth-order valence-electron chi connectivity index (χ4n) is 7.05. The molecule has 1 saturated heterocycles. The standard InChI is InChI=1S/C43H83NO8/c1-3-5-7-9-11-13-14-15-16-17-18-19-20-21-22-23-25-26-28-30-32-37(46)36(35-51-43-42(50)41(49)40(48)38(34-45)52-43)44-39(47)33-31-29-27-24-12-10-8-6-4-2/h24,27,36-38,40-43,45-46,48-50H,3-23,25-26,28-35H2,1-2H3,(H,44,47)/b27-24-. The first-order chi connectivity index (χ1) is 25.3. The van der Waals surface area contributed by atoms with Crippen LogP contribution in [0.3, 0.4) is 0 Å². The molecule has 0 aromatic carbocycles. The molecule has 1 fully saturated rings. The van der Waals surface area contributed by atoms with Crippen LogP contribution in [-0.2, 0) is 14.3 Å². The van der Waals surface area contributed by atoms with E-state index in [-0.39, 0.29) is 12.5 Å². The minimum Gasteiger partial charge on any atom is -0.394 e. The molecule has 7 unspecified atom stereocenters. The van der Waals surface area contributed by atoms with E-state index >= 15 is 0 Å². The van der Waals surface area contributed by atoms with Crippen LogP contribution in [0.5, 0.6) is 0 Å². The summed E-state index contributed by atoms with van der Waals surface area (Å²) < 4.78 is 11.2. The topological polar surface area (TPSA) is 149 Å². The van der Waals surface area contributed by atoms with Gasteiger partial charge in [0.2, 0.25) is 5.91 Å². The van der Waals surface area contributed by atoms with Crippen molar-refractivity contribution in [3.63, 3.8) is 0 Å². The molecule has 7 atom stereocenters. The van der Waals surface area contributed by atoms with E-state index in [2.05, 4.69) is 31.3 Å². The normalized spacial score (nSPS) is 21.9. The van der Waals surface area contributed by atoms with E-state index in [1.807, 2.05) is 0 Å². The van der Waals surface area contributed by atoms with Crippen LogP contribution in [-0.4, -0.2) is 87.5 Å². The number of allylic oxidation sites excluding steroid dienone is 2. The van der Waals surface area contributed by atoms with Crippen LogP contribution in [0, 0.1) is 0 Å². The molecule has 52 heavy (non-hydrogen) atoms. The Bertz CT molecular complexity index is 827. The van der Waals surface area contributed by atoms with Crippen molar-refractivity contribution >= 4 is 5.91 Å². The lowest BCUT2D eigenvalue weighted by atomic mass is 9.99. The summed E-state index contributed by atoms with van der Waals surface area (Å²) >= 11 is 0. The van der Waals surface area contributed by atoms with Gasteiger partial charge in [-0.3, -0.25) is 4.79 Å². The van der Waals surface area contributed by atoms with Crippen LogP contribution in [0.2, 0.25) is 0 Å². The SMILES string of the molecule is CCCCCC/C=C\CCCC(=O)NC(COC1OC(CO)C(O)C(O)C1O)C(O)CCCCCCCCCCCCCCCCCCCCCC. The molecular weight excluding hydrogens is 658 g/mol. The van der Waals surface area contributed by atoms with Gasteiger partial charge in [-0.25, -0.2) is 0 Å². The summed E-state index contributed by atoms with van der Waals surface area (Å²) in [6.45, 7) is 3.78. The van der Waals surface area contributed by atoms with Crippen LogP contribution in [0.15, 0.2) is 12.2 Å². The number of carbonyl (C=O) groups is 1. The molecule has 1 aliphatic rings. The van der Waals surface area contributed by atoms with Gasteiger partial charge >= 0.3 is 0 Å². The van der Waals surface area contributed by atoms with Gasteiger partial charge in [0.05, 0.1) is 25.4 Å². The first-order valence-corrected chi connectivity index (χ1v) is 21.9. The summed E-state index contributed by atoms with van der Waals surface area (Å²) in [5.74, 6) is -0.179. The van der Waals surface area contributed by atoms with Crippen LogP contribution in [0.25, 0.3) is 0 Å². The Morgan fingerprint density at radius 2 is 1.08 bits per heavy atom. The maximum absolute atomic E-state index is 12.8. The fourth-order valence-corrected chi connectivity index (χ4v) is 7.05. The van der Waals surface area contributed by atoms with Crippen molar-refractivity contribution in [1.82, 2.24) is 5.32 Å². The van der Waals surface area contributed by atoms with E-state index < -0.39 is 49.5 Å². The monoisotopic (exact) mass is 742 g/mol. The number of amides is 1. The third-order valence-electron chi connectivity index (χ3n) is 10.6. The summed E-state index contributed by atoms with van der Waals surface area (Å²) in [6, 6.07) is -0.728. The van der Waals surface area contributed by atoms with Gasteiger partial charge in [0.25, 0.3) is 0 Å². The second-order valence-electron chi connectivity index (χ2n) is 15.5. The smallest absolute Gasteiger partial charge is 0.220 e. The third-order valence-corrected chi connectivity index (χ3v) is 10.6. The fraction of sp³-hybridized carbons (Fsp3) is 0.930. The van der Waals surface area contributed by atoms with Crippen molar-refractivity contribution in [1.29, 1.82) is 0 Å². The van der Waals surface area contributed by atoms with Crippen molar-refractivity contribution in [2.45, 2.75) is 243 Å². The zero-order chi connectivity index (χ0) is 38.1. The molecule has 0 radical (unpaired) electrons. The van der Waals surface area contributed by atoms with E-state index in [4.69, 9.17) is 9.47 Å². The van der Waals surface area contributed by atoms with E-state index in [1.165, 1.54) is 135 Å². The molecule has 6 N–H and O–H groups in total. The summed E-state index contributed by atoms with van der Waals surface area (Å²) in [4.78, 5) is 12.8. The first-order valence-electron chi connectivity index (χ1n) is 21.9. The Morgan fingerprint density at radius 3 is 1.56 bits per heavy atom. The van der Waals surface area contributed by atoms with Gasteiger partial charge in [0.1, 0.15) is 24.4 Å². The number of aliphatic hydroxyl groups excluding tert-OH is 5. The second-order valence-corrected chi connectivity index (χ2v) is 15.5. The zero-order valence-corrected chi connectivity index (χ0v) is 33.6. The molecule has 0 aromatic heterocycles. The Hall–Kier alpha value is -1.07. The van der Waals surface area contributed by atoms with Gasteiger partial charge in [-0.1, -0.05) is 174 Å². The molecule has 1 rings (SSSR count). The van der Waals surface area contributed by atoms with Gasteiger partial charge in [0.15, 0.2) is 6.29 Å². The van der Waals surface area contributed by atoms with Gasteiger partial charge in [-0.15, -0.1) is 0 Å². The van der Waals surface area contributed by atoms with Crippen molar-refractivity contribution < 1.29 is 39.8 Å².